The van der Waals surface area contributed by atoms with Crippen molar-refractivity contribution in [2.24, 2.45) is 11.5 Å². The summed E-state index contributed by atoms with van der Waals surface area (Å²) in [5.41, 5.74) is 11.6. The molecule has 0 spiro atoms. The van der Waals surface area contributed by atoms with Crippen molar-refractivity contribution in [2.45, 2.75) is 24.9 Å². The highest BCUT2D eigenvalue weighted by Gasteiger charge is 2.16. The number of ether oxygens (including phenoxy) is 1. The molecular weight excluding hydrogens is 264 g/mol. The highest BCUT2D eigenvalue weighted by atomic mass is 16.5. The molecule has 0 radical (unpaired) electrons. The van der Waals surface area contributed by atoms with Crippen LogP contribution in [0.2, 0.25) is 0 Å². The fourth-order valence-corrected chi connectivity index (χ4v) is 1.48. The molecule has 0 aromatic heterocycles. The topological polar surface area (TPSA) is 136 Å². The first-order valence-corrected chi connectivity index (χ1v) is 6.09. The Morgan fingerprint density at radius 1 is 1.15 bits per heavy atom. The normalized spacial score (nSPS) is 13.6. The number of aliphatic hydroxyl groups excluding tert-OH is 1. The summed E-state index contributed by atoms with van der Waals surface area (Å²) in [6.45, 7) is -0.192. The highest BCUT2D eigenvalue weighted by molar-refractivity contribution is 5.78. The molecule has 1 aromatic carbocycles. The Morgan fingerprint density at radius 3 is 2.25 bits per heavy atom. The number of carbonyl (C=O) groups is 2. The molecule has 0 saturated heterocycles. The minimum atomic E-state index is -1.07. The van der Waals surface area contributed by atoms with E-state index in [1.807, 2.05) is 0 Å². The average Bonchev–Trinajstić information content (AvgIpc) is 2.41. The number of aliphatic hydroxyl groups is 1. The van der Waals surface area contributed by atoms with E-state index in [2.05, 4.69) is 0 Å². The van der Waals surface area contributed by atoms with Gasteiger partial charge in [0.1, 0.15) is 17.8 Å². The second-order valence-electron chi connectivity index (χ2n) is 4.33. The van der Waals surface area contributed by atoms with Crippen LogP contribution in [0.1, 0.15) is 12.0 Å². The maximum absolute atomic E-state index is 11.5. The van der Waals surface area contributed by atoms with E-state index in [9.17, 15) is 9.59 Å². The zero-order valence-corrected chi connectivity index (χ0v) is 10.9. The van der Waals surface area contributed by atoms with Crippen LogP contribution in [-0.2, 0) is 16.0 Å². The molecule has 0 fully saturated rings. The van der Waals surface area contributed by atoms with Gasteiger partial charge in [-0.1, -0.05) is 12.1 Å². The fraction of sp³-hybridized carbons (Fsp3) is 0.385. The van der Waals surface area contributed by atoms with Gasteiger partial charge in [0, 0.05) is 6.61 Å². The van der Waals surface area contributed by atoms with E-state index in [1.165, 1.54) is 12.1 Å². The van der Waals surface area contributed by atoms with Gasteiger partial charge in [-0.3, -0.25) is 4.79 Å². The molecule has 0 heterocycles. The van der Waals surface area contributed by atoms with Crippen molar-refractivity contribution >= 4 is 11.9 Å². The van der Waals surface area contributed by atoms with Crippen LogP contribution in [0.5, 0.6) is 5.75 Å². The molecule has 1 rings (SSSR count). The predicted octanol–water partition coefficient (Wildman–Crippen LogP) is -0.744. The molecule has 0 aliphatic rings. The van der Waals surface area contributed by atoms with E-state index < -0.39 is 24.0 Å². The standard InChI is InChI=1S/C13H18N2O5/c14-10(5-6-16)13(19)20-9-3-1-8(2-4-9)7-11(15)12(17)18/h1-4,10-11,16H,5-7,14-15H2,(H,17,18)/t10-,11-/m0/s1. The summed E-state index contributed by atoms with van der Waals surface area (Å²) in [6.07, 6.45) is 0.317. The van der Waals surface area contributed by atoms with Gasteiger partial charge in [0.05, 0.1) is 0 Å². The van der Waals surface area contributed by atoms with Crippen molar-refractivity contribution in [3.05, 3.63) is 29.8 Å². The molecule has 20 heavy (non-hydrogen) atoms. The maximum Gasteiger partial charge on any atom is 0.328 e. The van der Waals surface area contributed by atoms with Gasteiger partial charge in [-0.25, -0.2) is 4.79 Å². The van der Waals surface area contributed by atoms with Crippen molar-refractivity contribution in [3.8, 4) is 5.75 Å². The number of nitrogens with two attached hydrogens (primary N) is 2. The number of aliphatic carboxylic acids is 1. The first-order valence-electron chi connectivity index (χ1n) is 6.09. The minimum Gasteiger partial charge on any atom is -0.480 e. The molecule has 0 saturated carbocycles. The number of rotatable bonds is 7. The Morgan fingerprint density at radius 2 is 1.75 bits per heavy atom. The lowest BCUT2D eigenvalue weighted by atomic mass is 10.1. The Labute approximate surface area is 116 Å². The Bertz CT molecular complexity index is 460. The van der Waals surface area contributed by atoms with Crippen molar-refractivity contribution in [1.82, 2.24) is 0 Å². The molecule has 1 aromatic rings. The monoisotopic (exact) mass is 282 g/mol. The van der Waals surface area contributed by atoms with Crippen LogP contribution in [-0.4, -0.2) is 40.8 Å². The summed E-state index contributed by atoms with van der Waals surface area (Å²) in [5.74, 6) is -1.40. The summed E-state index contributed by atoms with van der Waals surface area (Å²) in [7, 11) is 0. The molecule has 7 heteroatoms. The zero-order valence-electron chi connectivity index (χ0n) is 10.9. The van der Waals surface area contributed by atoms with E-state index in [-0.39, 0.29) is 19.4 Å². The summed E-state index contributed by atoms with van der Waals surface area (Å²) < 4.78 is 5.01. The summed E-state index contributed by atoms with van der Waals surface area (Å²) in [4.78, 5) is 22.1. The minimum absolute atomic E-state index is 0.129. The van der Waals surface area contributed by atoms with Crippen LogP contribution < -0.4 is 16.2 Å². The molecule has 6 N–H and O–H groups in total. The Balaban J connectivity index is 2.58. The van der Waals surface area contributed by atoms with Crippen molar-refractivity contribution in [2.75, 3.05) is 6.61 Å². The van der Waals surface area contributed by atoms with Crippen molar-refractivity contribution in [1.29, 1.82) is 0 Å². The van der Waals surface area contributed by atoms with Gasteiger partial charge >= 0.3 is 11.9 Å². The second kappa shape index (κ2) is 7.59. The number of hydrogen-bond donors (Lipinski definition) is 4. The first-order chi connectivity index (χ1) is 9.43. The largest absolute Gasteiger partial charge is 0.480 e. The van der Waals surface area contributed by atoms with Gasteiger partial charge in [-0.2, -0.15) is 0 Å². The van der Waals surface area contributed by atoms with Gasteiger partial charge in [-0.15, -0.1) is 0 Å². The van der Waals surface area contributed by atoms with Gasteiger partial charge in [-0.05, 0) is 30.5 Å². The lowest BCUT2D eigenvalue weighted by Gasteiger charge is -2.11. The molecule has 0 amide bonds. The smallest absolute Gasteiger partial charge is 0.328 e. The van der Waals surface area contributed by atoms with Crippen molar-refractivity contribution in [3.63, 3.8) is 0 Å². The molecule has 7 nitrogen and oxygen atoms in total. The summed E-state index contributed by atoms with van der Waals surface area (Å²) in [5, 5.41) is 17.4. The van der Waals surface area contributed by atoms with Crippen LogP contribution in [0.25, 0.3) is 0 Å². The van der Waals surface area contributed by atoms with Crippen LogP contribution >= 0.6 is 0 Å². The van der Waals surface area contributed by atoms with Crippen LogP contribution in [0.4, 0.5) is 0 Å². The second-order valence-corrected chi connectivity index (χ2v) is 4.33. The molecule has 110 valence electrons. The van der Waals surface area contributed by atoms with Gasteiger partial charge in [0.25, 0.3) is 0 Å². The Kier molecular flexibility index (Phi) is 6.10. The molecular formula is C13H18N2O5. The third kappa shape index (κ3) is 4.96. The van der Waals surface area contributed by atoms with Gasteiger partial charge < -0.3 is 26.4 Å². The fourth-order valence-electron chi connectivity index (χ4n) is 1.48. The third-order valence-electron chi connectivity index (χ3n) is 2.66. The SMILES string of the molecule is N[C@@H](Cc1ccc(OC(=O)[C@@H](N)CCO)cc1)C(=O)O. The van der Waals surface area contributed by atoms with E-state index in [4.69, 9.17) is 26.4 Å². The highest BCUT2D eigenvalue weighted by Crippen LogP contribution is 2.14. The number of carboxylic acid groups (broad SMARTS) is 1. The van der Waals surface area contributed by atoms with Crippen LogP contribution in [0.3, 0.4) is 0 Å². The van der Waals surface area contributed by atoms with E-state index in [1.54, 1.807) is 12.1 Å². The number of carbonyl (C=O) groups excluding carboxylic acids is 1. The lowest BCUT2D eigenvalue weighted by molar-refractivity contribution is -0.138. The van der Waals surface area contributed by atoms with E-state index in [0.29, 0.717) is 5.75 Å². The van der Waals surface area contributed by atoms with Crippen LogP contribution in [0.15, 0.2) is 24.3 Å². The number of esters is 1. The van der Waals surface area contributed by atoms with Crippen LogP contribution in [0, 0.1) is 0 Å². The Hall–Kier alpha value is -1.96. The number of hydrogen-bond acceptors (Lipinski definition) is 6. The molecule has 2 atom stereocenters. The number of benzene rings is 1. The zero-order chi connectivity index (χ0) is 15.1. The maximum atomic E-state index is 11.5. The third-order valence-corrected chi connectivity index (χ3v) is 2.66. The quantitative estimate of drug-likeness (QED) is 0.382. The first kappa shape index (κ1) is 16.1. The summed E-state index contributed by atoms with van der Waals surface area (Å²) in [6, 6.07) is 4.48. The van der Waals surface area contributed by atoms with E-state index >= 15 is 0 Å². The predicted molar refractivity (Wildman–Crippen MR) is 71.1 cm³/mol. The average molecular weight is 282 g/mol. The molecule has 0 aliphatic carbocycles. The van der Waals surface area contributed by atoms with Gasteiger partial charge in [0.2, 0.25) is 0 Å². The summed E-state index contributed by atoms with van der Waals surface area (Å²) >= 11 is 0. The molecule has 0 bridgehead atoms. The number of carboxylic acids is 1. The lowest BCUT2D eigenvalue weighted by Crippen LogP contribution is -2.35. The van der Waals surface area contributed by atoms with E-state index in [0.717, 1.165) is 5.56 Å². The molecule has 0 aliphatic heterocycles. The van der Waals surface area contributed by atoms with Crippen molar-refractivity contribution < 1.29 is 24.5 Å². The van der Waals surface area contributed by atoms with Gasteiger partial charge in [0.15, 0.2) is 0 Å². The molecule has 0 unspecified atom stereocenters.